The Balaban J connectivity index is 1.70. The lowest BCUT2D eigenvalue weighted by Gasteiger charge is -2.13. The standard InChI is InChI=1S/C16H20N2O5/c19-9-11-23-10-7-17-14(20)6-3-8-18-15(21)12-4-1-2-5-13(12)16(18)22/h1-2,4-5,19H,3,6-11H2,(H,17,20). The van der Waals surface area contributed by atoms with E-state index in [-0.39, 0.29) is 43.9 Å². The normalized spacial score (nSPS) is 13.3. The first-order chi connectivity index (χ1) is 11.1. The number of fused-ring (bicyclic) bond motifs is 1. The molecule has 1 heterocycles. The Kier molecular flexibility index (Phi) is 6.25. The molecule has 1 aliphatic heterocycles. The van der Waals surface area contributed by atoms with Crippen LogP contribution >= 0.6 is 0 Å². The molecule has 1 aromatic carbocycles. The van der Waals surface area contributed by atoms with Crippen LogP contribution in [0.5, 0.6) is 0 Å². The van der Waals surface area contributed by atoms with Crippen LogP contribution in [-0.4, -0.2) is 60.6 Å². The Morgan fingerprint density at radius 3 is 2.39 bits per heavy atom. The summed E-state index contributed by atoms with van der Waals surface area (Å²) in [5.74, 6) is -0.763. The van der Waals surface area contributed by atoms with E-state index in [1.807, 2.05) is 0 Å². The first kappa shape index (κ1) is 17.1. The van der Waals surface area contributed by atoms with Gasteiger partial charge in [0.25, 0.3) is 11.8 Å². The topological polar surface area (TPSA) is 95.9 Å². The van der Waals surface area contributed by atoms with Gasteiger partial charge in [0.15, 0.2) is 0 Å². The average molecular weight is 320 g/mol. The molecular weight excluding hydrogens is 300 g/mol. The van der Waals surface area contributed by atoms with Crippen LogP contribution in [0.1, 0.15) is 33.6 Å². The molecule has 0 bridgehead atoms. The highest BCUT2D eigenvalue weighted by molar-refractivity contribution is 6.21. The van der Waals surface area contributed by atoms with Crippen molar-refractivity contribution in [1.29, 1.82) is 0 Å². The van der Waals surface area contributed by atoms with Gasteiger partial charge in [-0.2, -0.15) is 0 Å². The SMILES string of the molecule is O=C(CCCN1C(=O)c2ccccc2C1=O)NCCOCCO. The number of nitrogens with one attached hydrogen (secondary N) is 1. The molecule has 3 amide bonds. The molecule has 0 atom stereocenters. The number of amides is 3. The lowest BCUT2D eigenvalue weighted by molar-refractivity contribution is -0.121. The second-order valence-electron chi connectivity index (χ2n) is 5.10. The van der Waals surface area contributed by atoms with Gasteiger partial charge in [-0.15, -0.1) is 0 Å². The maximum Gasteiger partial charge on any atom is 0.261 e. The highest BCUT2D eigenvalue weighted by Gasteiger charge is 2.34. The maximum absolute atomic E-state index is 12.1. The monoisotopic (exact) mass is 320 g/mol. The fraction of sp³-hybridized carbons (Fsp3) is 0.438. The van der Waals surface area contributed by atoms with Crippen molar-refractivity contribution in [2.45, 2.75) is 12.8 Å². The van der Waals surface area contributed by atoms with E-state index in [4.69, 9.17) is 9.84 Å². The molecule has 0 radical (unpaired) electrons. The van der Waals surface area contributed by atoms with Crippen LogP contribution in [0.2, 0.25) is 0 Å². The third-order valence-corrected chi connectivity index (χ3v) is 3.47. The molecule has 0 aliphatic carbocycles. The third kappa shape index (κ3) is 4.37. The van der Waals surface area contributed by atoms with Gasteiger partial charge in [-0.3, -0.25) is 19.3 Å². The van der Waals surface area contributed by atoms with Gasteiger partial charge < -0.3 is 15.2 Å². The minimum absolute atomic E-state index is 0.0474. The van der Waals surface area contributed by atoms with Crippen molar-refractivity contribution in [2.75, 3.05) is 32.9 Å². The lowest BCUT2D eigenvalue weighted by atomic mass is 10.1. The van der Waals surface area contributed by atoms with Gasteiger partial charge in [-0.05, 0) is 18.6 Å². The van der Waals surface area contributed by atoms with E-state index < -0.39 is 0 Å². The summed E-state index contributed by atoms with van der Waals surface area (Å²) in [6.45, 7) is 1.13. The van der Waals surface area contributed by atoms with Crippen LogP contribution in [0.4, 0.5) is 0 Å². The number of carbonyl (C=O) groups is 3. The highest BCUT2D eigenvalue weighted by atomic mass is 16.5. The van der Waals surface area contributed by atoms with E-state index >= 15 is 0 Å². The molecule has 0 spiro atoms. The summed E-state index contributed by atoms with van der Waals surface area (Å²) in [6.07, 6.45) is 0.641. The molecule has 23 heavy (non-hydrogen) atoms. The zero-order chi connectivity index (χ0) is 16.7. The molecule has 2 rings (SSSR count). The van der Waals surface area contributed by atoms with Gasteiger partial charge in [-0.25, -0.2) is 0 Å². The van der Waals surface area contributed by atoms with Gasteiger partial charge in [0.2, 0.25) is 5.91 Å². The zero-order valence-electron chi connectivity index (χ0n) is 12.8. The summed E-state index contributed by atoms with van der Waals surface area (Å²) in [6, 6.07) is 6.71. The molecule has 7 nitrogen and oxygen atoms in total. The molecule has 0 aromatic heterocycles. The Morgan fingerprint density at radius 1 is 1.13 bits per heavy atom. The smallest absolute Gasteiger partial charge is 0.261 e. The highest BCUT2D eigenvalue weighted by Crippen LogP contribution is 2.22. The van der Waals surface area contributed by atoms with Crippen LogP contribution in [0.15, 0.2) is 24.3 Å². The van der Waals surface area contributed by atoms with Crippen LogP contribution in [-0.2, 0) is 9.53 Å². The van der Waals surface area contributed by atoms with Crippen molar-refractivity contribution in [2.24, 2.45) is 0 Å². The zero-order valence-corrected chi connectivity index (χ0v) is 12.8. The number of benzene rings is 1. The van der Waals surface area contributed by atoms with E-state index in [0.717, 1.165) is 0 Å². The first-order valence-electron chi connectivity index (χ1n) is 7.55. The molecule has 0 fully saturated rings. The number of aliphatic hydroxyl groups is 1. The maximum atomic E-state index is 12.1. The largest absolute Gasteiger partial charge is 0.394 e. The molecule has 2 N–H and O–H groups in total. The fourth-order valence-electron chi connectivity index (χ4n) is 2.36. The van der Waals surface area contributed by atoms with Crippen molar-refractivity contribution in [3.63, 3.8) is 0 Å². The van der Waals surface area contributed by atoms with Gasteiger partial charge in [-0.1, -0.05) is 12.1 Å². The predicted molar refractivity (Wildman–Crippen MR) is 82.0 cm³/mol. The van der Waals surface area contributed by atoms with E-state index in [0.29, 0.717) is 30.7 Å². The fourth-order valence-corrected chi connectivity index (χ4v) is 2.36. The van der Waals surface area contributed by atoms with Gasteiger partial charge in [0, 0.05) is 19.5 Å². The summed E-state index contributed by atoms with van der Waals surface area (Å²) in [5.41, 5.74) is 0.839. The second kappa shape index (κ2) is 8.40. The molecule has 0 saturated heterocycles. The summed E-state index contributed by atoms with van der Waals surface area (Å²) in [4.78, 5) is 37.1. The first-order valence-corrected chi connectivity index (χ1v) is 7.55. The molecular formula is C16H20N2O5. The van der Waals surface area contributed by atoms with Crippen LogP contribution in [0, 0.1) is 0 Å². The summed E-state index contributed by atoms with van der Waals surface area (Å²) in [7, 11) is 0. The van der Waals surface area contributed by atoms with E-state index in [1.54, 1.807) is 24.3 Å². The van der Waals surface area contributed by atoms with Crippen molar-refractivity contribution >= 4 is 17.7 Å². The molecule has 1 aromatic rings. The molecule has 1 aliphatic rings. The number of nitrogens with zero attached hydrogens (tertiary/aromatic N) is 1. The average Bonchev–Trinajstić information content (AvgIpc) is 2.80. The van der Waals surface area contributed by atoms with Crippen molar-refractivity contribution in [1.82, 2.24) is 10.2 Å². The number of rotatable bonds is 9. The van der Waals surface area contributed by atoms with Crippen molar-refractivity contribution < 1.29 is 24.2 Å². The quantitative estimate of drug-likeness (QED) is 0.500. The Morgan fingerprint density at radius 2 is 1.78 bits per heavy atom. The van der Waals surface area contributed by atoms with E-state index in [1.165, 1.54) is 4.90 Å². The number of aliphatic hydroxyl groups excluding tert-OH is 1. The summed E-state index contributed by atoms with van der Waals surface area (Å²) < 4.78 is 5.02. The number of hydrogen-bond acceptors (Lipinski definition) is 5. The van der Waals surface area contributed by atoms with E-state index in [9.17, 15) is 14.4 Å². The molecule has 124 valence electrons. The number of imide groups is 1. The Labute approximate surface area is 134 Å². The van der Waals surface area contributed by atoms with Crippen LogP contribution in [0.3, 0.4) is 0 Å². The lowest BCUT2D eigenvalue weighted by Crippen LogP contribution is -2.32. The number of hydrogen-bond donors (Lipinski definition) is 2. The summed E-state index contributed by atoms with van der Waals surface area (Å²) >= 11 is 0. The molecule has 7 heteroatoms. The van der Waals surface area contributed by atoms with Gasteiger partial charge >= 0.3 is 0 Å². The third-order valence-electron chi connectivity index (χ3n) is 3.47. The minimum Gasteiger partial charge on any atom is -0.394 e. The van der Waals surface area contributed by atoms with Crippen LogP contribution < -0.4 is 5.32 Å². The predicted octanol–water partition coefficient (Wildman–Crippen LogP) is 0.188. The second-order valence-corrected chi connectivity index (χ2v) is 5.10. The van der Waals surface area contributed by atoms with E-state index in [2.05, 4.69) is 5.32 Å². The van der Waals surface area contributed by atoms with Crippen LogP contribution in [0.25, 0.3) is 0 Å². The van der Waals surface area contributed by atoms with Gasteiger partial charge in [0.1, 0.15) is 0 Å². The minimum atomic E-state index is -0.302. The number of carbonyl (C=O) groups excluding carboxylic acids is 3. The number of ether oxygens (including phenoxy) is 1. The summed E-state index contributed by atoms with van der Waals surface area (Å²) in [5, 5.41) is 11.2. The van der Waals surface area contributed by atoms with Crippen molar-refractivity contribution in [3.05, 3.63) is 35.4 Å². The molecule has 0 unspecified atom stereocenters. The van der Waals surface area contributed by atoms with Gasteiger partial charge in [0.05, 0.1) is 30.9 Å². The molecule has 0 saturated carbocycles. The van der Waals surface area contributed by atoms with Crippen molar-refractivity contribution in [3.8, 4) is 0 Å². The Bertz CT molecular complexity index is 553. The Hall–Kier alpha value is -2.25.